The molecule has 0 radical (unpaired) electrons. The highest BCUT2D eigenvalue weighted by atomic mass is 16.7. The van der Waals surface area contributed by atoms with Crippen LogP contribution in [0.5, 0.6) is 0 Å². The molecule has 4 nitrogen and oxygen atoms in total. The summed E-state index contributed by atoms with van der Waals surface area (Å²) in [6, 6.07) is 7.00. The first kappa shape index (κ1) is 13.8. The van der Waals surface area contributed by atoms with Crippen molar-refractivity contribution in [3.63, 3.8) is 0 Å². The topological polar surface area (TPSA) is 59.3 Å². The smallest absolute Gasteiger partial charge is 0.399 e. The van der Waals surface area contributed by atoms with E-state index in [9.17, 15) is 4.79 Å². The summed E-state index contributed by atoms with van der Waals surface area (Å²) in [5.41, 5.74) is 0.615. The molecule has 1 aromatic rings. The van der Waals surface area contributed by atoms with E-state index in [1.165, 1.54) is 0 Å². The number of benzene rings is 1. The normalized spacial score (nSPS) is 20.1. The number of carbonyl (C=O) groups excluding carboxylic acids is 1. The molecule has 1 aliphatic rings. The van der Waals surface area contributed by atoms with Crippen molar-refractivity contribution in [3.8, 4) is 6.07 Å². The molecule has 0 spiro atoms. The highest BCUT2D eigenvalue weighted by Gasteiger charge is 2.51. The molecule has 1 heterocycles. The molecule has 1 saturated heterocycles. The van der Waals surface area contributed by atoms with Gasteiger partial charge in [-0.2, -0.15) is 5.26 Å². The summed E-state index contributed by atoms with van der Waals surface area (Å²) in [7, 11) is -0.517. The van der Waals surface area contributed by atoms with E-state index in [0.717, 1.165) is 5.46 Å². The van der Waals surface area contributed by atoms with Gasteiger partial charge in [-0.15, -0.1) is 0 Å². The first-order valence-corrected chi connectivity index (χ1v) is 6.15. The number of nitrogens with zero attached hydrogens (tertiary/aromatic N) is 1. The van der Waals surface area contributed by atoms with Crippen LogP contribution in [0.4, 0.5) is 0 Å². The summed E-state index contributed by atoms with van der Waals surface area (Å²) in [4.78, 5) is 11.0. The van der Waals surface area contributed by atoms with E-state index in [4.69, 9.17) is 14.6 Å². The van der Waals surface area contributed by atoms with Crippen molar-refractivity contribution < 1.29 is 14.1 Å². The molecule has 19 heavy (non-hydrogen) atoms. The van der Waals surface area contributed by atoms with Crippen molar-refractivity contribution in [2.75, 3.05) is 0 Å². The molecule has 0 saturated carbocycles. The van der Waals surface area contributed by atoms with Crippen LogP contribution in [0.25, 0.3) is 0 Å². The Hall–Kier alpha value is -1.64. The molecule has 0 atom stereocenters. The summed E-state index contributed by atoms with van der Waals surface area (Å²) in [6.45, 7) is 7.88. The molecule has 0 aliphatic carbocycles. The zero-order valence-electron chi connectivity index (χ0n) is 11.6. The molecule has 98 valence electrons. The fourth-order valence-electron chi connectivity index (χ4n) is 1.91. The summed E-state index contributed by atoms with van der Waals surface area (Å²) in [5, 5.41) is 8.90. The van der Waals surface area contributed by atoms with E-state index in [0.29, 0.717) is 17.4 Å². The van der Waals surface area contributed by atoms with Crippen LogP contribution in [0.3, 0.4) is 0 Å². The van der Waals surface area contributed by atoms with Crippen LogP contribution < -0.4 is 5.46 Å². The molecular formula is C14H16BNO3. The Labute approximate surface area is 113 Å². The molecule has 0 aromatic heterocycles. The second kappa shape index (κ2) is 4.48. The van der Waals surface area contributed by atoms with Crippen LogP contribution in [0, 0.1) is 11.3 Å². The van der Waals surface area contributed by atoms with Crippen LogP contribution in [0.15, 0.2) is 18.2 Å². The zero-order valence-corrected chi connectivity index (χ0v) is 11.6. The van der Waals surface area contributed by atoms with Crippen LogP contribution in [-0.2, 0) is 9.31 Å². The van der Waals surface area contributed by atoms with Gasteiger partial charge in [0.1, 0.15) is 0 Å². The van der Waals surface area contributed by atoms with E-state index in [1.807, 2.05) is 33.8 Å². The highest BCUT2D eigenvalue weighted by molar-refractivity contribution is 6.62. The van der Waals surface area contributed by atoms with Gasteiger partial charge in [0, 0.05) is 5.56 Å². The van der Waals surface area contributed by atoms with Gasteiger partial charge in [0.15, 0.2) is 6.29 Å². The third-order valence-electron chi connectivity index (χ3n) is 3.85. The summed E-state index contributed by atoms with van der Waals surface area (Å²) in [5.74, 6) is 0. The van der Waals surface area contributed by atoms with Crippen molar-refractivity contribution in [1.82, 2.24) is 0 Å². The molecule has 0 N–H and O–H groups in total. The van der Waals surface area contributed by atoms with Crippen LogP contribution in [0.1, 0.15) is 43.6 Å². The van der Waals surface area contributed by atoms with Gasteiger partial charge in [0.2, 0.25) is 0 Å². The monoisotopic (exact) mass is 257 g/mol. The second-order valence-corrected chi connectivity index (χ2v) is 5.66. The van der Waals surface area contributed by atoms with Gasteiger partial charge < -0.3 is 9.31 Å². The largest absolute Gasteiger partial charge is 0.494 e. The molecule has 0 amide bonds. The zero-order chi connectivity index (χ0) is 14.3. The third kappa shape index (κ3) is 2.29. The lowest BCUT2D eigenvalue weighted by Gasteiger charge is -2.32. The van der Waals surface area contributed by atoms with Crippen molar-refractivity contribution in [2.45, 2.75) is 38.9 Å². The Balaban J connectivity index is 2.36. The summed E-state index contributed by atoms with van der Waals surface area (Å²) in [6.07, 6.45) is 0.674. The van der Waals surface area contributed by atoms with Gasteiger partial charge in [0.05, 0.1) is 22.8 Å². The quantitative estimate of drug-likeness (QED) is 0.597. The standard InChI is InChI=1S/C14H16BNO3/c1-13(2)14(3,4)19-15(18-13)12-6-5-10(8-16)11(7-12)9-17/h5-7,9H,1-4H3. The van der Waals surface area contributed by atoms with Crippen LogP contribution in [0.2, 0.25) is 0 Å². The maximum absolute atomic E-state index is 11.0. The average Bonchev–Trinajstić information content (AvgIpc) is 2.57. The number of hydrogen-bond donors (Lipinski definition) is 0. The van der Waals surface area contributed by atoms with Gasteiger partial charge in [-0.25, -0.2) is 0 Å². The lowest BCUT2D eigenvalue weighted by Crippen LogP contribution is -2.41. The van der Waals surface area contributed by atoms with Crippen molar-refractivity contribution >= 4 is 18.9 Å². The number of rotatable bonds is 2. The highest BCUT2D eigenvalue weighted by Crippen LogP contribution is 2.36. The Bertz CT molecular complexity index is 544. The van der Waals surface area contributed by atoms with E-state index in [2.05, 4.69) is 0 Å². The summed E-state index contributed by atoms with van der Waals surface area (Å²) >= 11 is 0. The predicted octanol–water partition coefficient (Wildman–Crippen LogP) is 1.67. The minimum absolute atomic E-state index is 0.356. The van der Waals surface area contributed by atoms with Crippen LogP contribution in [-0.4, -0.2) is 24.6 Å². The molecule has 0 unspecified atom stereocenters. The molecule has 5 heteroatoms. The molecule has 1 aliphatic heterocycles. The molecule has 1 aromatic carbocycles. The number of aldehydes is 1. The second-order valence-electron chi connectivity index (χ2n) is 5.66. The molecule has 1 fully saturated rings. The van der Waals surface area contributed by atoms with Crippen molar-refractivity contribution in [1.29, 1.82) is 5.26 Å². The van der Waals surface area contributed by atoms with Crippen molar-refractivity contribution in [3.05, 3.63) is 29.3 Å². The summed E-state index contributed by atoms with van der Waals surface area (Å²) < 4.78 is 11.8. The Morgan fingerprint density at radius 2 is 1.79 bits per heavy atom. The molecule has 0 bridgehead atoms. The number of nitriles is 1. The van der Waals surface area contributed by atoms with Gasteiger partial charge in [-0.3, -0.25) is 4.79 Å². The third-order valence-corrected chi connectivity index (χ3v) is 3.85. The van der Waals surface area contributed by atoms with E-state index in [1.54, 1.807) is 18.2 Å². The van der Waals surface area contributed by atoms with Gasteiger partial charge >= 0.3 is 7.12 Å². The van der Waals surface area contributed by atoms with Gasteiger partial charge in [0.25, 0.3) is 0 Å². The maximum atomic E-state index is 11.0. The Kier molecular flexibility index (Phi) is 3.25. The van der Waals surface area contributed by atoms with E-state index in [-0.39, 0.29) is 0 Å². The van der Waals surface area contributed by atoms with Crippen LogP contribution >= 0.6 is 0 Å². The first-order chi connectivity index (χ1) is 8.80. The van der Waals surface area contributed by atoms with E-state index >= 15 is 0 Å². The van der Waals surface area contributed by atoms with Crippen molar-refractivity contribution in [2.24, 2.45) is 0 Å². The lowest BCUT2D eigenvalue weighted by atomic mass is 9.78. The SMILES string of the molecule is CC1(C)OB(c2ccc(C#N)c(C=O)c2)OC1(C)C. The van der Waals surface area contributed by atoms with Gasteiger partial charge in [-0.05, 0) is 39.2 Å². The Morgan fingerprint density at radius 1 is 1.21 bits per heavy atom. The average molecular weight is 257 g/mol. The maximum Gasteiger partial charge on any atom is 0.494 e. The fraction of sp³-hybridized carbons (Fsp3) is 0.429. The van der Waals surface area contributed by atoms with Gasteiger partial charge in [-0.1, -0.05) is 12.1 Å². The lowest BCUT2D eigenvalue weighted by molar-refractivity contribution is 0.00578. The number of hydrogen-bond acceptors (Lipinski definition) is 4. The predicted molar refractivity (Wildman–Crippen MR) is 72.3 cm³/mol. The fourth-order valence-corrected chi connectivity index (χ4v) is 1.91. The Morgan fingerprint density at radius 3 is 2.26 bits per heavy atom. The number of carbonyl (C=O) groups is 1. The van der Waals surface area contributed by atoms with E-state index < -0.39 is 18.3 Å². The first-order valence-electron chi connectivity index (χ1n) is 6.15. The molecule has 2 rings (SSSR count). The molecular weight excluding hydrogens is 241 g/mol. The minimum Gasteiger partial charge on any atom is -0.399 e. The minimum atomic E-state index is -0.517.